The minimum atomic E-state index is -0.349. The second kappa shape index (κ2) is 10.9. The van der Waals surface area contributed by atoms with Crippen molar-refractivity contribution in [3.8, 4) is 0 Å². The number of benzene rings is 1. The summed E-state index contributed by atoms with van der Waals surface area (Å²) in [5, 5.41) is 3.05. The number of piperidine rings is 2. The zero-order valence-electron chi connectivity index (χ0n) is 18.7. The van der Waals surface area contributed by atoms with Crippen LogP contribution in [0.3, 0.4) is 0 Å². The van der Waals surface area contributed by atoms with Gasteiger partial charge in [-0.05, 0) is 81.8 Å². The monoisotopic (exact) mass is 415 g/mol. The molecule has 0 bridgehead atoms. The first-order valence-electron chi connectivity index (χ1n) is 11.4. The van der Waals surface area contributed by atoms with E-state index in [1.54, 1.807) is 12.1 Å². The van der Waals surface area contributed by atoms with Gasteiger partial charge in [0.15, 0.2) is 0 Å². The lowest BCUT2D eigenvalue weighted by Crippen LogP contribution is -2.50. The van der Waals surface area contributed by atoms with Crippen molar-refractivity contribution in [2.24, 2.45) is 11.8 Å². The molecule has 0 spiro atoms. The van der Waals surface area contributed by atoms with Gasteiger partial charge >= 0.3 is 5.97 Å². The number of methoxy groups -OCH3 is 1. The van der Waals surface area contributed by atoms with E-state index in [9.17, 15) is 9.59 Å². The van der Waals surface area contributed by atoms with Gasteiger partial charge in [-0.3, -0.25) is 9.69 Å². The Morgan fingerprint density at radius 1 is 1.13 bits per heavy atom. The summed E-state index contributed by atoms with van der Waals surface area (Å²) in [5.74, 6) is 1.25. The number of nitrogens with one attached hydrogen (secondary N) is 1. The van der Waals surface area contributed by atoms with Crippen LogP contribution in [0.15, 0.2) is 24.3 Å². The minimum absolute atomic E-state index is 0.0690. The Kier molecular flexibility index (Phi) is 8.28. The Balaban J connectivity index is 1.44. The van der Waals surface area contributed by atoms with E-state index in [-0.39, 0.29) is 17.9 Å². The van der Waals surface area contributed by atoms with Gasteiger partial charge in [-0.15, -0.1) is 0 Å². The fourth-order valence-corrected chi connectivity index (χ4v) is 4.59. The molecule has 3 rings (SSSR count). The summed E-state index contributed by atoms with van der Waals surface area (Å²) in [4.78, 5) is 29.2. The number of hydrogen-bond donors (Lipinski definition) is 1. The smallest absolute Gasteiger partial charge is 0.337 e. The Morgan fingerprint density at radius 2 is 1.83 bits per heavy atom. The third kappa shape index (κ3) is 6.29. The number of esters is 1. The molecule has 2 aliphatic rings. The third-order valence-electron chi connectivity index (χ3n) is 6.71. The van der Waals surface area contributed by atoms with Gasteiger partial charge in [-0.2, -0.15) is 0 Å². The van der Waals surface area contributed by atoms with E-state index in [0.29, 0.717) is 18.0 Å². The molecule has 0 radical (unpaired) electrons. The predicted molar refractivity (Wildman–Crippen MR) is 118 cm³/mol. The highest BCUT2D eigenvalue weighted by Crippen LogP contribution is 2.23. The van der Waals surface area contributed by atoms with Crippen LogP contribution in [-0.4, -0.2) is 67.6 Å². The first-order chi connectivity index (χ1) is 14.5. The van der Waals surface area contributed by atoms with Gasteiger partial charge in [-0.1, -0.05) is 19.1 Å². The first-order valence-corrected chi connectivity index (χ1v) is 11.4. The van der Waals surface area contributed by atoms with Crippen molar-refractivity contribution in [1.82, 2.24) is 15.1 Å². The molecule has 0 saturated carbocycles. The number of hydrogen-bond acceptors (Lipinski definition) is 5. The van der Waals surface area contributed by atoms with Gasteiger partial charge in [0.2, 0.25) is 5.91 Å². The minimum Gasteiger partial charge on any atom is -0.465 e. The molecule has 166 valence electrons. The molecule has 6 nitrogen and oxygen atoms in total. The molecule has 30 heavy (non-hydrogen) atoms. The molecular weight excluding hydrogens is 378 g/mol. The number of nitrogens with zero attached hydrogens (tertiary/aromatic N) is 2. The van der Waals surface area contributed by atoms with Crippen molar-refractivity contribution in [3.05, 3.63) is 35.4 Å². The topological polar surface area (TPSA) is 61.9 Å². The molecule has 1 aromatic rings. The molecular formula is C24H37N3O3. The van der Waals surface area contributed by atoms with E-state index in [2.05, 4.69) is 22.0 Å². The SMILES string of the molecule is COC(=O)c1ccc(CNC(=O)C(C)N2CCCC(CN3CCC(C)CC3)C2)cc1. The van der Waals surface area contributed by atoms with Crippen molar-refractivity contribution in [1.29, 1.82) is 0 Å². The highest BCUT2D eigenvalue weighted by Gasteiger charge is 2.29. The number of rotatable bonds is 7. The summed E-state index contributed by atoms with van der Waals surface area (Å²) in [6.45, 7) is 10.5. The number of carbonyl (C=O) groups excluding carboxylic acids is 2. The highest BCUT2D eigenvalue weighted by atomic mass is 16.5. The maximum absolute atomic E-state index is 12.7. The number of amides is 1. The van der Waals surface area contributed by atoms with Gasteiger partial charge in [0.25, 0.3) is 0 Å². The highest BCUT2D eigenvalue weighted by molar-refractivity contribution is 5.89. The largest absolute Gasteiger partial charge is 0.465 e. The normalized spacial score (nSPS) is 22.4. The van der Waals surface area contributed by atoms with Crippen LogP contribution in [0.4, 0.5) is 0 Å². The Hall–Kier alpha value is -1.92. The molecule has 2 fully saturated rings. The molecule has 0 aromatic heterocycles. The van der Waals surface area contributed by atoms with Crippen molar-refractivity contribution >= 4 is 11.9 Å². The fraction of sp³-hybridized carbons (Fsp3) is 0.667. The molecule has 1 aromatic carbocycles. The zero-order chi connectivity index (χ0) is 21.5. The van der Waals surface area contributed by atoms with E-state index < -0.39 is 0 Å². The van der Waals surface area contributed by atoms with Crippen molar-refractivity contribution in [2.75, 3.05) is 39.8 Å². The van der Waals surface area contributed by atoms with Crippen LogP contribution >= 0.6 is 0 Å². The van der Waals surface area contributed by atoms with E-state index in [0.717, 1.165) is 24.6 Å². The summed E-state index contributed by atoms with van der Waals surface area (Å²) >= 11 is 0. The maximum atomic E-state index is 12.7. The zero-order valence-corrected chi connectivity index (χ0v) is 18.7. The van der Waals surface area contributed by atoms with Crippen LogP contribution in [0.5, 0.6) is 0 Å². The molecule has 2 saturated heterocycles. The first kappa shape index (κ1) is 22.8. The van der Waals surface area contributed by atoms with Crippen LogP contribution < -0.4 is 5.32 Å². The Labute approximate surface area is 180 Å². The standard InChI is InChI=1S/C24H37N3O3/c1-18-10-13-26(14-11-18)16-21-5-4-12-27(17-21)19(2)23(28)25-15-20-6-8-22(9-7-20)24(29)30-3/h6-9,18-19,21H,4-5,10-17H2,1-3H3,(H,25,28). The van der Waals surface area contributed by atoms with E-state index >= 15 is 0 Å². The van der Waals surface area contributed by atoms with Gasteiger partial charge < -0.3 is 15.0 Å². The summed E-state index contributed by atoms with van der Waals surface area (Å²) in [6, 6.07) is 7.05. The number of likely N-dealkylation sites (tertiary alicyclic amines) is 2. The Bertz CT molecular complexity index is 698. The predicted octanol–water partition coefficient (Wildman–Crippen LogP) is 2.92. The lowest BCUT2D eigenvalue weighted by atomic mass is 9.93. The van der Waals surface area contributed by atoms with Crippen molar-refractivity contribution in [3.63, 3.8) is 0 Å². The summed E-state index contributed by atoms with van der Waals surface area (Å²) in [6.07, 6.45) is 5.07. The molecule has 2 heterocycles. The second-order valence-corrected chi connectivity index (χ2v) is 9.07. The lowest BCUT2D eigenvalue weighted by Gasteiger charge is -2.39. The molecule has 2 aliphatic heterocycles. The van der Waals surface area contributed by atoms with Gasteiger partial charge in [0.1, 0.15) is 0 Å². The molecule has 2 unspecified atom stereocenters. The number of carbonyl (C=O) groups is 2. The van der Waals surface area contributed by atoms with Crippen LogP contribution in [0.2, 0.25) is 0 Å². The van der Waals surface area contributed by atoms with E-state index in [1.807, 2.05) is 19.1 Å². The maximum Gasteiger partial charge on any atom is 0.337 e. The van der Waals surface area contributed by atoms with Crippen LogP contribution in [0, 0.1) is 11.8 Å². The molecule has 1 amide bonds. The summed E-state index contributed by atoms with van der Waals surface area (Å²) in [7, 11) is 1.37. The van der Waals surface area contributed by atoms with Crippen LogP contribution in [0.1, 0.15) is 55.5 Å². The van der Waals surface area contributed by atoms with Crippen LogP contribution in [0.25, 0.3) is 0 Å². The second-order valence-electron chi connectivity index (χ2n) is 9.07. The summed E-state index contributed by atoms with van der Waals surface area (Å²) in [5.41, 5.74) is 1.49. The third-order valence-corrected chi connectivity index (χ3v) is 6.71. The van der Waals surface area contributed by atoms with Crippen molar-refractivity contribution in [2.45, 2.75) is 52.1 Å². The quantitative estimate of drug-likeness (QED) is 0.694. The molecule has 2 atom stereocenters. The van der Waals surface area contributed by atoms with E-state index in [1.165, 1.54) is 52.4 Å². The number of ether oxygens (including phenoxy) is 1. The average molecular weight is 416 g/mol. The van der Waals surface area contributed by atoms with Gasteiger partial charge in [-0.25, -0.2) is 4.79 Å². The van der Waals surface area contributed by atoms with Crippen LogP contribution in [-0.2, 0) is 16.1 Å². The molecule has 0 aliphatic carbocycles. The molecule has 1 N–H and O–H groups in total. The Morgan fingerprint density at radius 3 is 2.50 bits per heavy atom. The lowest BCUT2D eigenvalue weighted by molar-refractivity contribution is -0.126. The average Bonchev–Trinajstić information content (AvgIpc) is 2.78. The fourth-order valence-electron chi connectivity index (χ4n) is 4.59. The van der Waals surface area contributed by atoms with E-state index in [4.69, 9.17) is 4.74 Å². The summed E-state index contributed by atoms with van der Waals surface area (Å²) < 4.78 is 4.72. The van der Waals surface area contributed by atoms with Gasteiger partial charge in [0, 0.05) is 19.6 Å². The molecule has 6 heteroatoms. The van der Waals surface area contributed by atoms with Crippen molar-refractivity contribution < 1.29 is 14.3 Å². The van der Waals surface area contributed by atoms with Gasteiger partial charge in [0.05, 0.1) is 18.7 Å².